The third kappa shape index (κ3) is 0.988. The monoisotopic (exact) mass is 188 g/mol. The number of hydrogen-bond acceptors (Lipinski definition) is 2. The summed E-state index contributed by atoms with van der Waals surface area (Å²) in [5.74, 6) is 1.01. The summed E-state index contributed by atoms with van der Waals surface area (Å²) in [4.78, 5) is 0. The van der Waals surface area contributed by atoms with Crippen molar-refractivity contribution in [2.45, 2.75) is 6.42 Å². The first-order valence-electron chi connectivity index (χ1n) is 4.26. The molecule has 0 saturated carbocycles. The molecule has 0 amide bonds. The first kappa shape index (κ1) is 7.15. The van der Waals surface area contributed by atoms with Crippen LogP contribution in [0.5, 0.6) is 5.75 Å². The maximum atomic E-state index is 5.42. The van der Waals surface area contributed by atoms with E-state index in [-0.39, 0.29) is 0 Å². The van der Waals surface area contributed by atoms with Gasteiger partial charge in [-0.15, -0.1) is 11.3 Å². The van der Waals surface area contributed by atoms with Gasteiger partial charge < -0.3 is 4.74 Å². The molecule has 0 N–H and O–H groups in total. The number of fused-ring (bicyclic) bond motifs is 3. The Balaban J connectivity index is 2.38. The molecular formula is C11H8OS. The molecule has 0 fully saturated rings. The molecule has 64 valence electrons. The van der Waals surface area contributed by atoms with Gasteiger partial charge in [0.1, 0.15) is 5.75 Å². The summed E-state index contributed by atoms with van der Waals surface area (Å²) in [5.41, 5.74) is 1.32. The van der Waals surface area contributed by atoms with Crippen molar-refractivity contribution in [3.8, 4) is 5.75 Å². The Morgan fingerprint density at radius 1 is 1.23 bits per heavy atom. The van der Waals surface area contributed by atoms with Crippen LogP contribution >= 0.6 is 11.3 Å². The average molecular weight is 188 g/mol. The molecule has 1 aromatic carbocycles. The van der Waals surface area contributed by atoms with Crippen molar-refractivity contribution in [1.82, 2.24) is 0 Å². The summed E-state index contributed by atoms with van der Waals surface area (Å²) in [7, 11) is 0. The highest BCUT2D eigenvalue weighted by atomic mass is 32.1. The number of allylic oxidation sites excluding steroid dienone is 1. The molecule has 1 nitrogen and oxygen atoms in total. The van der Waals surface area contributed by atoms with Crippen LogP contribution in [0.3, 0.4) is 0 Å². The summed E-state index contributed by atoms with van der Waals surface area (Å²) in [6.07, 6.45) is 4.81. The van der Waals surface area contributed by atoms with Crippen molar-refractivity contribution in [3.05, 3.63) is 41.5 Å². The van der Waals surface area contributed by atoms with Crippen molar-refractivity contribution < 1.29 is 4.74 Å². The summed E-state index contributed by atoms with van der Waals surface area (Å²) in [5, 5.41) is 3.47. The van der Waals surface area contributed by atoms with Gasteiger partial charge >= 0.3 is 0 Å². The Morgan fingerprint density at radius 3 is 3.23 bits per heavy atom. The Hall–Kier alpha value is -1.28. The summed E-state index contributed by atoms with van der Waals surface area (Å²) in [6.45, 7) is 0. The lowest BCUT2D eigenvalue weighted by atomic mass is 10.1. The standard InChI is InChI=1S/C11H8OS/c1-2-8-9-5-7-13-11(9)4-3-10(8)12-6-1/h1,3-7H,2H2. The van der Waals surface area contributed by atoms with Crippen LogP contribution < -0.4 is 4.74 Å². The number of benzene rings is 1. The van der Waals surface area contributed by atoms with Crippen molar-refractivity contribution in [2.75, 3.05) is 0 Å². The number of ether oxygens (including phenoxy) is 1. The lowest BCUT2D eigenvalue weighted by Gasteiger charge is -2.12. The van der Waals surface area contributed by atoms with E-state index in [1.807, 2.05) is 0 Å². The molecule has 1 aliphatic rings. The second-order valence-corrected chi connectivity index (χ2v) is 4.02. The number of hydrogen-bond donors (Lipinski definition) is 0. The lowest BCUT2D eigenvalue weighted by molar-refractivity contribution is 0.466. The van der Waals surface area contributed by atoms with Gasteiger partial charge in [-0.2, -0.15) is 0 Å². The van der Waals surface area contributed by atoms with Crippen molar-refractivity contribution in [3.63, 3.8) is 0 Å². The molecule has 0 radical (unpaired) electrons. The van der Waals surface area contributed by atoms with Crippen LogP contribution in [0.1, 0.15) is 5.56 Å². The topological polar surface area (TPSA) is 9.23 Å². The van der Waals surface area contributed by atoms with Crippen LogP contribution in [0.25, 0.3) is 10.1 Å². The van der Waals surface area contributed by atoms with Crippen LogP contribution in [-0.2, 0) is 6.42 Å². The lowest BCUT2D eigenvalue weighted by Crippen LogP contribution is -1.95. The van der Waals surface area contributed by atoms with Crippen LogP contribution in [-0.4, -0.2) is 0 Å². The summed E-state index contributed by atoms with van der Waals surface area (Å²) < 4.78 is 6.77. The van der Waals surface area contributed by atoms with Crippen molar-refractivity contribution in [2.24, 2.45) is 0 Å². The molecule has 0 bridgehead atoms. The summed E-state index contributed by atoms with van der Waals surface area (Å²) in [6, 6.07) is 6.34. The normalized spacial score (nSPS) is 14.2. The highest BCUT2D eigenvalue weighted by Gasteiger charge is 2.10. The molecule has 1 aliphatic heterocycles. The average Bonchev–Trinajstić information content (AvgIpc) is 2.65. The van der Waals surface area contributed by atoms with Gasteiger partial charge in [-0.05, 0) is 41.5 Å². The van der Waals surface area contributed by atoms with Gasteiger partial charge in [0, 0.05) is 10.3 Å². The van der Waals surface area contributed by atoms with Crippen LogP contribution in [0.15, 0.2) is 35.9 Å². The van der Waals surface area contributed by atoms with Crippen molar-refractivity contribution in [1.29, 1.82) is 0 Å². The molecule has 0 unspecified atom stereocenters. The quantitative estimate of drug-likeness (QED) is 0.616. The van der Waals surface area contributed by atoms with E-state index in [1.54, 1.807) is 17.6 Å². The smallest absolute Gasteiger partial charge is 0.130 e. The third-order valence-electron chi connectivity index (χ3n) is 2.32. The van der Waals surface area contributed by atoms with E-state index in [0.29, 0.717) is 0 Å². The molecule has 0 atom stereocenters. The van der Waals surface area contributed by atoms with E-state index in [9.17, 15) is 0 Å². The van der Waals surface area contributed by atoms with Gasteiger partial charge in [0.15, 0.2) is 0 Å². The van der Waals surface area contributed by atoms with E-state index < -0.39 is 0 Å². The van der Waals surface area contributed by atoms with Gasteiger partial charge in [-0.25, -0.2) is 0 Å². The predicted molar refractivity (Wildman–Crippen MR) is 55.3 cm³/mol. The second kappa shape index (κ2) is 2.60. The van der Waals surface area contributed by atoms with Crippen molar-refractivity contribution >= 4 is 21.4 Å². The van der Waals surface area contributed by atoms with E-state index in [0.717, 1.165) is 12.2 Å². The minimum absolute atomic E-state index is 0.989. The Bertz CT molecular complexity index is 482. The van der Waals surface area contributed by atoms with Gasteiger partial charge in [0.05, 0.1) is 6.26 Å². The molecule has 3 rings (SSSR count). The Kier molecular flexibility index (Phi) is 1.43. The molecule has 2 aromatic rings. The predicted octanol–water partition coefficient (Wildman–Crippen LogP) is 3.35. The van der Waals surface area contributed by atoms with Gasteiger partial charge in [-0.3, -0.25) is 0 Å². The van der Waals surface area contributed by atoms with Gasteiger partial charge in [-0.1, -0.05) is 0 Å². The van der Waals surface area contributed by atoms with Crippen LogP contribution in [0.2, 0.25) is 0 Å². The van der Waals surface area contributed by atoms with E-state index in [2.05, 4.69) is 29.7 Å². The number of thiophene rings is 1. The first-order valence-corrected chi connectivity index (χ1v) is 5.14. The molecule has 0 spiro atoms. The number of rotatable bonds is 0. The maximum absolute atomic E-state index is 5.42. The fraction of sp³-hybridized carbons (Fsp3) is 0.0909. The molecule has 2 heterocycles. The zero-order chi connectivity index (χ0) is 8.67. The fourth-order valence-corrected chi connectivity index (χ4v) is 2.51. The molecule has 0 saturated heterocycles. The van der Waals surface area contributed by atoms with Crippen LogP contribution in [0, 0.1) is 0 Å². The minimum atomic E-state index is 0.989. The first-order chi connectivity index (χ1) is 6.45. The minimum Gasteiger partial charge on any atom is -0.465 e. The second-order valence-electron chi connectivity index (χ2n) is 3.07. The van der Waals surface area contributed by atoms with E-state index >= 15 is 0 Å². The fourth-order valence-electron chi connectivity index (χ4n) is 1.69. The molecular weight excluding hydrogens is 180 g/mol. The zero-order valence-electron chi connectivity index (χ0n) is 6.99. The zero-order valence-corrected chi connectivity index (χ0v) is 7.80. The van der Waals surface area contributed by atoms with Gasteiger partial charge in [0.2, 0.25) is 0 Å². The largest absolute Gasteiger partial charge is 0.465 e. The van der Waals surface area contributed by atoms with Gasteiger partial charge in [0.25, 0.3) is 0 Å². The molecule has 0 aliphatic carbocycles. The third-order valence-corrected chi connectivity index (χ3v) is 3.20. The highest BCUT2D eigenvalue weighted by Crippen LogP contribution is 2.33. The maximum Gasteiger partial charge on any atom is 0.130 e. The Morgan fingerprint density at radius 2 is 2.23 bits per heavy atom. The SMILES string of the molecule is C1=COc2ccc3sccc3c2C1. The molecule has 13 heavy (non-hydrogen) atoms. The van der Waals surface area contributed by atoms with Crippen LogP contribution in [0.4, 0.5) is 0 Å². The van der Waals surface area contributed by atoms with E-state index in [4.69, 9.17) is 4.74 Å². The molecule has 1 aromatic heterocycles. The Labute approximate surface area is 80.3 Å². The van der Waals surface area contributed by atoms with E-state index in [1.165, 1.54) is 15.6 Å². The highest BCUT2D eigenvalue weighted by molar-refractivity contribution is 7.17. The molecule has 2 heteroatoms. The summed E-state index contributed by atoms with van der Waals surface area (Å²) >= 11 is 1.78.